The Morgan fingerprint density at radius 1 is 0.493 bits per heavy atom. The highest BCUT2D eigenvalue weighted by atomic mass is 31.2. The van der Waals surface area contributed by atoms with Crippen molar-refractivity contribution in [3.63, 3.8) is 0 Å². The normalized spacial score (nSPS) is 14.4. The summed E-state index contributed by atoms with van der Waals surface area (Å²) in [7, 11) is 1.13. The minimum absolute atomic E-state index is 0.0382. The summed E-state index contributed by atoms with van der Waals surface area (Å²) in [6.45, 7) is 6.72. The van der Waals surface area contributed by atoms with Crippen molar-refractivity contribution in [3.8, 4) is 0 Å². The number of nitrogens with zero attached hydrogens (tertiary/aromatic N) is 1. The van der Waals surface area contributed by atoms with Gasteiger partial charge in [-0.25, -0.2) is 0 Å². The monoisotopic (exact) mass is 1010 g/mol. The molecule has 0 saturated heterocycles. The fourth-order valence-electron chi connectivity index (χ4n) is 7.79. The number of carbonyl (C=O) groups excluding carboxylic acids is 2. The lowest BCUT2D eigenvalue weighted by Gasteiger charge is -2.30. The van der Waals surface area contributed by atoms with Crippen molar-refractivity contribution in [2.45, 2.75) is 251 Å². The van der Waals surface area contributed by atoms with E-state index in [1.807, 2.05) is 33.3 Å². The summed E-state index contributed by atoms with van der Waals surface area (Å²) in [6.07, 6.45) is 65.7. The second-order valence-electron chi connectivity index (χ2n) is 20.4. The summed E-state index contributed by atoms with van der Waals surface area (Å²) in [6, 6.07) is -0.929. The van der Waals surface area contributed by atoms with E-state index >= 15 is 0 Å². The number of quaternary nitrogens is 1. The quantitative estimate of drug-likeness (QED) is 0.0212. The number of likely N-dealkylation sites (N-methyl/N-ethyl adjacent to an activating group) is 1. The van der Waals surface area contributed by atoms with Crippen LogP contribution in [0.4, 0.5) is 0 Å². The van der Waals surface area contributed by atoms with Crippen molar-refractivity contribution < 1.29 is 37.3 Å². The van der Waals surface area contributed by atoms with Crippen LogP contribution in [0.1, 0.15) is 239 Å². The number of carbonyl (C=O) groups is 2. The van der Waals surface area contributed by atoms with Gasteiger partial charge in [0.2, 0.25) is 5.91 Å². The van der Waals surface area contributed by atoms with Gasteiger partial charge in [0.25, 0.3) is 7.82 Å². The number of hydrogen-bond donors (Lipinski definition) is 1. The number of phosphoric ester groups is 1. The summed E-state index contributed by atoms with van der Waals surface area (Å²) < 4.78 is 30.1. The van der Waals surface area contributed by atoms with Crippen molar-refractivity contribution in [1.82, 2.24) is 5.32 Å². The van der Waals surface area contributed by atoms with Crippen molar-refractivity contribution in [2.75, 3.05) is 40.9 Å². The molecule has 0 aromatic rings. The molecule has 9 nitrogen and oxygen atoms in total. The van der Waals surface area contributed by atoms with E-state index in [4.69, 9.17) is 13.8 Å². The molecule has 71 heavy (non-hydrogen) atoms. The van der Waals surface area contributed by atoms with Gasteiger partial charge in [0, 0.05) is 12.8 Å². The van der Waals surface area contributed by atoms with Crippen LogP contribution in [-0.4, -0.2) is 69.4 Å². The molecule has 0 spiro atoms. The van der Waals surface area contributed by atoms with Crippen molar-refractivity contribution in [1.29, 1.82) is 0 Å². The highest BCUT2D eigenvalue weighted by molar-refractivity contribution is 7.45. The molecule has 0 saturated carbocycles. The summed E-state index contributed by atoms with van der Waals surface area (Å²) >= 11 is 0. The fraction of sp³-hybridized carbons (Fsp3) is 0.738. The molecule has 10 heteroatoms. The van der Waals surface area contributed by atoms with Crippen LogP contribution in [0.3, 0.4) is 0 Å². The topological polar surface area (TPSA) is 114 Å². The first-order valence-corrected chi connectivity index (χ1v) is 30.4. The number of amides is 1. The molecule has 1 N–H and O–H groups in total. The number of ether oxygens (including phenoxy) is 1. The third-order valence-electron chi connectivity index (χ3n) is 12.3. The third kappa shape index (κ3) is 51.9. The maximum atomic E-state index is 13.4. The standard InChI is InChI=1S/C61H109N2O7P/c1-7-10-13-16-19-22-25-27-28-29-30-31-32-33-34-36-39-42-45-48-51-54-61(65)70-59(52-49-46-43-40-37-24-21-18-15-12-9-3)58(57-69-71(66,67)68-56-55-63(4,5)6)62-60(64)53-50-47-44-41-38-35-26-23-20-17-14-11-8-2/h19,22,27-28,30-31,33-35,38,44,47,49,52,58-59H,7-18,20-21,23-26,29,32,36-37,39-43,45-46,48,50-51,53-57H2,1-6H3,(H-,62,64,66,67)/b22-19-,28-27-,31-30-,34-33-,38-35-,47-44+,52-49-. The fourth-order valence-corrected chi connectivity index (χ4v) is 8.51. The van der Waals surface area contributed by atoms with E-state index in [0.717, 1.165) is 83.5 Å². The Labute approximate surface area is 437 Å². The predicted octanol–water partition coefficient (Wildman–Crippen LogP) is 16.8. The molecule has 0 fully saturated rings. The molecule has 0 radical (unpaired) electrons. The Morgan fingerprint density at radius 3 is 1.34 bits per heavy atom. The number of nitrogens with one attached hydrogen (secondary N) is 1. The van der Waals surface area contributed by atoms with Crippen LogP contribution in [-0.2, 0) is 27.9 Å². The summed E-state index contributed by atoms with van der Waals surface area (Å²) in [5.74, 6) is -0.645. The van der Waals surface area contributed by atoms with Gasteiger partial charge in [-0.3, -0.25) is 14.2 Å². The molecule has 0 aliphatic carbocycles. The van der Waals surface area contributed by atoms with E-state index in [1.165, 1.54) is 109 Å². The SMILES string of the molecule is CCCCC/C=C\C/C=C\C/C=C\C/C=C\CCCCCCCC(=O)OC(/C=C\CCCCCCCCCCC)C(COP(=O)([O-])OCC[N+](C)(C)C)NC(=O)CC/C=C/C/C=C\CCCCCCCC. The average Bonchev–Trinajstić information content (AvgIpc) is 3.33. The van der Waals surface area contributed by atoms with E-state index in [9.17, 15) is 19.0 Å². The first-order valence-electron chi connectivity index (χ1n) is 28.9. The Bertz CT molecular complexity index is 1490. The molecule has 410 valence electrons. The zero-order valence-electron chi connectivity index (χ0n) is 46.7. The molecule has 0 rings (SSSR count). The average molecular weight is 1010 g/mol. The molecule has 0 aliphatic heterocycles. The minimum atomic E-state index is -4.71. The number of unbranched alkanes of at least 4 members (excludes halogenated alkanes) is 23. The third-order valence-corrected chi connectivity index (χ3v) is 13.3. The van der Waals surface area contributed by atoms with Crippen LogP contribution in [0.25, 0.3) is 0 Å². The number of rotatable bonds is 51. The molecule has 1 amide bonds. The summed E-state index contributed by atoms with van der Waals surface area (Å²) in [5, 5.41) is 2.97. The van der Waals surface area contributed by atoms with Crippen LogP contribution >= 0.6 is 7.82 Å². The van der Waals surface area contributed by atoms with Crippen LogP contribution in [0, 0.1) is 0 Å². The van der Waals surface area contributed by atoms with Crippen LogP contribution < -0.4 is 10.2 Å². The Hall–Kier alpha value is -2.81. The lowest BCUT2D eigenvalue weighted by Crippen LogP contribution is -2.47. The van der Waals surface area contributed by atoms with Gasteiger partial charge in [0.1, 0.15) is 19.3 Å². The minimum Gasteiger partial charge on any atom is -0.756 e. The number of allylic oxidation sites excluding steroid dienone is 13. The molecule has 3 atom stereocenters. The molecule has 0 aromatic carbocycles. The van der Waals surface area contributed by atoms with Gasteiger partial charge in [-0.2, -0.15) is 0 Å². The van der Waals surface area contributed by atoms with Crippen LogP contribution in [0.5, 0.6) is 0 Å². The predicted molar refractivity (Wildman–Crippen MR) is 302 cm³/mol. The van der Waals surface area contributed by atoms with Gasteiger partial charge in [-0.05, 0) is 96.0 Å². The Kier molecular flexibility index (Phi) is 48.7. The second-order valence-corrected chi connectivity index (χ2v) is 21.8. The highest BCUT2D eigenvalue weighted by Gasteiger charge is 2.27. The molecule has 0 heterocycles. The van der Waals surface area contributed by atoms with Crippen molar-refractivity contribution in [3.05, 3.63) is 85.1 Å². The molecular formula is C61H109N2O7P. The Morgan fingerprint density at radius 2 is 0.873 bits per heavy atom. The van der Waals surface area contributed by atoms with Crippen molar-refractivity contribution >= 4 is 19.7 Å². The maximum absolute atomic E-state index is 13.4. The molecule has 0 aliphatic rings. The van der Waals surface area contributed by atoms with E-state index in [-0.39, 0.29) is 31.3 Å². The van der Waals surface area contributed by atoms with E-state index < -0.39 is 26.6 Å². The van der Waals surface area contributed by atoms with Crippen LogP contribution in [0.15, 0.2) is 85.1 Å². The lowest BCUT2D eigenvalue weighted by molar-refractivity contribution is -0.870. The van der Waals surface area contributed by atoms with E-state index in [1.54, 1.807) is 6.08 Å². The number of phosphoric acid groups is 1. The van der Waals surface area contributed by atoms with Gasteiger partial charge in [0.15, 0.2) is 0 Å². The smallest absolute Gasteiger partial charge is 0.306 e. The van der Waals surface area contributed by atoms with Gasteiger partial charge < -0.3 is 28.5 Å². The van der Waals surface area contributed by atoms with Gasteiger partial charge >= 0.3 is 5.97 Å². The van der Waals surface area contributed by atoms with E-state index in [2.05, 4.69) is 92.9 Å². The number of esters is 1. The maximum Gasteiger partial charge on any atom is 0.306 e. The molecule has 0 bridgehead atoms. The molecule has 3 unspecified atom stereocenters. The summed E-state index contributed by atoms with van der Waals surface area (Å²) in [5.41, 5.74) is 0. The number of hydrogen-bond acceptors (Lipinski definition) is 7. The summed E-state index contributed by atoms with van der Waals surface area (Å²) in [4.78, 5) is 39.8. The second kappa shape index (κ2) is 50.7. The first-order chi connectivity index (χ1) is 34.4. The zero-order valence-corrected chi connectivity index (χ0v) is 47.5. The van der Waals surface area contributed by atoms with Crippen molar-refractivity contribution in [2.24, 2.45) is 0 Å². The largest absolute Gasteiger partial charge is 0.756 e. The molecule has 0 aromatic heterocycles. The van der Waals surface area contributed by atoms with Crippen LogP contribution in [0.2, 0.25) is 0 Å². The first kappa shape index (κ1) is 68.2. The molecular weight excluding hydrogens is 904 g/mol. The zero-order chi connectivity index (χ0) is 52.2. The van der Waals surface area contributed by atoms with Gasteiger partial charge in [-0.1, -0.05) is 215 Å². The van der Waals surface area contributed by atoms with Gasteiger partial charge in [-0.15, -0.1) is 0 Å². The van der Waals surface area contributed by atoms with Gasteiger partial charge in [0.05, 0.1) is 33.8 Å². The lowest BCUT2D eigenvalue weighted by atomic mass is 10.1. The Balaban J connectivity index is 5.37. The highest BCUT2D eigenvalue weighted by Crippen LogP contribution is 2.38. The van der Waals surface area contributed by atoms with E-state index in [0.29, 0.717) is 23.9 Å².